The molecular formula is C12H14BrN. The molecule has 74 valence electrons. The van der Waals surface area contributed by atoms with Gasteiger partial charge in [0.2, 0.25) is 0 Å². The lowest BCUT2D eigenvalue weighted by Crippen LogP contribution is -2.12. The Morgan fingerprint density at radius 3 is 2.29 bits per heavy atom. The van der Waals surface area contributed by atoms with Gasteiger partial charge >= 0.3 is 0 Å². The van der Waals surface area contributed by atoms with Crippen LogP contribution < -0.4 is 5.32 Å². The van der Waals surface area contributed by atoms with Gasteiger partial charge in [-0.2, -0.15) is 0 Å². The number of nitrogens with one attached hydrogen (secondary N) is 1. The van der Waals surface area contributed by atoms with Crippen molar-refractivity contribution in [3.05, 3.63) is 27.7 Å². The van der Waals surface area contributed by atoms with Gasteiger partial charge in [-0.15, -0.1) is 6.42 Å². The van der Waals surface area contributed by atoms with Gasteiger partial charge in [0, 0.05) is 10.2 Å². The maximum absolute atomic E-state index is 5.30. The molecule has 14 heavy (non-hydrogen) atoms. The van der Waals surface area contributed by atoms with Crippen LogP contribution in [0.3, 0.4) is 0 Å². The van der Waals surface area contributed by atoms with E-state index < -0.39 is 0 Å². The Bertz CT molecular complexity index is 353. The highest BCUT2D eigenvalue weighted by Gasteiger charge is 2.03. The average Bonchev–Trinajstić information content (AvgIpc) is 2.14. The van der Waals surface area contributed by atoms with Gasteiger partial charge in [0.15, 0.2) is 0 Å². The van der Waals surface area contributed by atoms with E-state index in [0.29, 0.717) is 0 Å². The second-order valence-corrected chi connectivity index (χ2v) is 4.25. The molecule has 0 spiro atoms. The van der Waals surface area contributed by atoms with Crippen molar-refractivity contribution < 1.29 is 0 Å². The summed E-state index contributed by atoms with van der Waals surface area (Å²) >= 11 is 3.53. The van der Waals surface area contributed by atoms with Crippen molar-refractivity contribution in [3.8, 4) is 12.3 Å². The first kappa shape index (κ1) is 11.1. The molecule has 0 amide bonds. The lowest BCUT2D eigenvalue weighted by Gasteiger charge is -2.12. The monoisotopic (exact) mass is 251 g/mol. The fourth-order valence-electron chi connectivity index (χ4n) is 1.32. The molecule has 1 aromatic rings. The fourth-order valence-corrected chi connectivity index (χ4v) is 1.55. The van der Waals surface area contributed by atoms with Crippen LogP contribution in [0.25, 0.3) is 0 Å². The Morgan fingerprint density at radius 1 is 1.36 bits per heavy atom. The lowest BCUT2D eigenvalue weighted by molar-refractivity contribution is 1.03. The maximum Gasteiger partial charge on any atom is 0.0845 e. The molecule has 0 saturated heterocycles. The van der Waals surface area contributed by atoms with E-state index >= 15 is 0 Å². The smallest absolute Gasteiger partial charge is 0.0845 e. The summed E-state index contributed by atoms with van der Waals surface area (Å²) in [5, 5.41) is 3.24. The van der Waals surface area contributed by atoms with E-state index in [9.17, 15) is 0 Å². The van der Waals surface area contributed by atoms with Crippen molar-refractivity contribution in [2.75, 3.05) is 5.32 Å². The molecule has 0 fully saturated rings. The average molecular weight is 252 g/mol. The van der Waals surface area contributed by atoms with E-state index in [1.165, 1.54) is 11.1 Å². The standard InChI is InChI=1S/C12H14BrN/c1-5-10(4)14-11-6-8(2)12(13)9(3)7-11/h1,6-7,10,14H,2-4H3. The van der Waals surface area contributed by atoms with E-state index in [-0.39, 0.29) is 6.04 Å². The minimum Gasteiger partial charge on any atom is -0.372 e. The SMILES string of the molecule is C#CC(C)Nc1cc(C)c(Br)c(C)c1. The Hall–Kier alpha value is -0.940. The zero-order valence-electron chi connectivity index (χ0n) is 8.69. The van der Waals surface area contributed by atoms with Crippen LogP contribution in [-0.4, -0.2) is 6.04 Å². The minimum atomic E-state index is 0.0648. The van der Waals surface area contributed by atoms with Crippen LogP contribution >= 0.6 is 15.9 Å². The molecule has 0 heterocycles. The van der Waals surface area contributed by atoms with Crippen molar-refractivity contribution in [3.63, 3.8) is 0 Å². The molecular weight excluding hydrogens is 238 g/mol. The van der Waals surface area contributed by atoms with Crippen LogP contribution in [0.1, 0.15) is 18.1 Å². The Labute approximate surface area is 94.0 Å². The molecule has 1 unspecified atom stereocenters. The quantitative estimate of drug-likeness (QED) is 0.794. The topological polar surface area (TPSA) is 12.0 Å². The van der Waals surface area contributed by atoms with Gasteiger partial charge in [-0.1, -0.05) is 21.9 Å². The number of anilines is 1. The number of benzene rings is 1. The second kappa shape index (κ2) is 4.52. The van der Waals surface area contributed by atoms with Crippen LogP contribution in [0.15, 0.2) is 16.6 Å². The van der Waals surface area contributed by atoms with Crippen molar-refractivity contribution >= 4 is 21.6 Å². The van der Waals surface area contributed by atoms with Crippen molar-refractivity contribution in [1.82, 2.24) is 0 Å². The third-order valence-electron chi connectivity index (χ3n) is 2.07. The molecule has 1 nitrogen and oxygen atoms in total. The zero-order chi connectivity index (χ0) is 10.7. The van der Waals surface area contributed by atoms with Gasteiger partial charge in [0.1, 0.15) is 0 Å². The maximum atomic E-state index is 5.30. The highest BCUT2D eigenvalue weighted by molar-refractivity contribution is 9.10. The molecule has 0 radical (unpaired) electrons. The molecule has 0 aliphatic heterocycles. The van der Waals surface area contributed by atoms with E-state index in [2.05, 4.69) is 53.1 Å². The molecule has 0 aromatic heterocycles. The first-order valence-corrected chi connectivity index (χ1v) is 5.33. The predicted octanol–water partition coefficient (Wildman–Crippen LogP) is 3.50. The number of hydrogen-bond acceptors (Lipinski definition) is 1. The molecule has 0 bridgehead atoms. The summed E-state index contributed by atoms with van der Waals surface area (Å²) < 4.78 is 1.16. The summed E-state index contributed by atoms with van der Waals surface area (Å²) in [4.78, 5) is 0. The third-order valence-corrected chi connectivity index (χ3v) is 3.32. The van der Waals surface area contributed by atoms with Gasteiger partial charge in [-0.3, -0.25) is 0 Å². The van der Waals surface area contributed by atoms with Crippen LogP contribution in [-0.2, 0) is 0 Å². The first-order chi connectivity index (χ1) is 6.54. The molecule has 0 aliphatic carbocycles. The molecule has 1 N–H and O–H groups in total. The molecule has 0 saturated carbocycles. The summed E-state index contributed by atoms with van der Waals surface area (Å²) in [5.41, 5.74) is 3.52. The summed E-state index contributed by atoms with van der Waals surface area (Å²) in [6.07, 6.45) is 5.30. The Kier molecular flexibility index (Phi) is 3.60. The van der Waals surface area contributed by atoms with Gasteiger partial charge in [-0.25, -0.2) is 0 Å². The first-order valence-electron chi connectivity index (χ1n) is 4.54. The number of hydrogen-bond donors (Lipinski definition) is 1. The number of rotatable bonds is 2. The minimum absolute atomic E-state index is 0.0648. The van der Waals surface area contributed by atoms with Crippen molar-refractivity contribution in [1.29, 1.82) is 0 Å². The van der Waals surface area contributed by atoms with Crippen LogP contribution in [0, 0.1) is 26.2 Å². The molecule has 1 rings (SSSR count). The summed E-state index contributed by atoms with van der Waals surface area (Å²) in [6, 6.07) is 4.24. The van der Waals surface area contributed by atoms with Crippen molar-refractivity contribution in [2.45, 2.75) is 26.8 Å². The zero-order valence-corrected chi connectivity index (χ0v) is 10.3. The highest BCUT2D eigenvalue weighted by Crippen LogP contribution is 2.25. The number of terminal acetylenes is 1. The van der Waals surface area contributed by atoms with Crippen LogP contribution in [0.2, 0.25) is 0 Å². The Morgan fingerprint density at radius 2 is 1.86 bits per heavy atom. The van der Waals surface area contributed by atoms with Gasteiger partial charge in [0.05, 0.1) is 6.04 Å². The summed E-state index contributed by atoms with van der Waals surface area (Å²) in [5.74, 6) is 2.64. The normalized spacial score (nSPS) is 11.9. The predicted molar refractivity (Wildman–Crippen MR) is 65.5 cm³/mol. The third kappa shape index (κ3) is 2.52. The lowest BCUT2D eigenvalue weighted by atomic mass is 10.1. The summed E-state index contributed by atoms with van der Waals surface area (Å²) in [7, 11) is 0. The highest BCUT2D eigenvalue weighted by atomic mass is 79.9. The molecule has 2 heteroatoms. The van der Waals surface area contributed by atoms with Crippen molar-refractivity contribution in [2.24, 2.45) is 0 Å². The van der Waals surface area contributed by atoms with E-state index in [0.717, 1.165) is 10.2 Å². The molecule has 0 aliphatic rings. The summed E-state index contributed by atoms with van der Waals surface area (Å²) in [6.45, 7) is 6.11. The Balaban J connectivity index is 2.97. The van der Waals surface area contributed by atoms with Gasteiger partial charge in [-0.05, 0) is 44.0 Å². The second-order valence-electron chi connectivity index (χ2n) is 3.46. The van der Waals surface area contributed by atoms with E-state index in [1.807, 2.05) is 6.92 Å². The van der Waals surface area contributed by atoms with Crippen LogP contribution in [0.5, 0.6) is 0 Å². The molecule has 1 atom stereocenters. The van der Waals surface area contributed by atoms with Gasteiger partial charge in [0.25, 0.3) is 0 Å². The van der Waals surface area contributed by atoms with Gasteiger partial charge < -0.3 is 5.32 Å². The largest absolute Gasteiger partial charge is 0.372 e. The van der Waals surface area contributed by atoms with Crippen LogP contribution in [0.4, 0.5) is 5.69 Å². The number of aryl methyl sites for hydroxylation is 2. The molecule has 1 aromatic carbocycles. The number of halogens is 1. The van der Waals surface area contributed by atoms with E-state index in [1.54, 1.807) is 0 Å². The van der Waals surface area contributed by atoms with E-state index in [4.69, 9.17) is 6.42 Å². The fraction of sp³-hybridized carbons (Fsp3) is 0.333.